The van der Waals surface area contributed by atoms with Crippen molar-refractivity contribution < 1.29 is 9.59 Å². The molecule has 5 nitrogen and oxygen atoms in total. The molecule has 0 aliphatic rings. The molecule has 0 aliphatic heterocycles. The molecule has 0 unspecified atom stereocenters. The summed E-state index contributed by atoms with van der Waals surface area (Å²) in [6, 6.07) is 1.84. The Morgan fingerprint density at radius 3 is 2.28 bits per heavy atom. The molecule has 0 bridgehead atoms. The van der Waals surface area contributed by atoms with E-state index in [-0.39, 0.29) is 18.4 Å². The van der Waals surface area contributed by atoms with Crippen LogP contribution in [0, 0.1) is 11.3 Å². The van der Waals surface area contributed by atoms with Crippen LogP contribution in [-0.4, -0.2) is 36.3 Å². The fourth-order valence-electron chi connectivity index (χ4n) is 1.69. The summed E-state index contributed by atoms with van der Waals surface area (Å²) in [5.41, 5.74) is 0. The van der Waals surface area contributed by atoms with E-state index in [1.54, 1.807) is 0 Å². The fraction of sp³-hybridized carbons (Fsp3) is 0.769. The van der Waals surface area contributed by atoms with Crippen LogP contribution in [0.5, 0.6) is 0 Å². The minimum Gasteiger partial charge on any atom is -0.343 e. The van der Waals surface area contributed by atoms with Crippen LogP contribution in [0.15, 0.2) is 0 Å². The van der Waals surface area contributed by atoms with Crippen molar-refractivity contribution in [2.75, 3.05) is 19.6 Å². The Balaban J connectivity index is 3.86. The Kier molecular flexibility index (Phi) is 9.65. The molecule has 0 saturated heterocycles. The molecule has 0 aliphatic carbocycles. The highest BCUT2D eigenvalue weighted by molar-refractivity contribution is 5.79. The lowest BCUT2D eigenvalue weighted by Gasteiger charge is -2.21. The zero-order chi connectivity index (χ0) is 13.8. The van der Waals surface area contributed by atoms with Crippen LogP contribution in [0.25, 0.3) is 0 Å². The summed E-state index contributed by atoms with van der Waals surface area (Å²) in [6.07, 6.45) is 3.16. The monoisotopic (exact) mass is 253 g/mol. The fourth-order valence-corrected chi connectivity index (χ4v) is 1.69. The summed E-state index contributed by atoms with van der Waals surface area (Å²) in [5.74, 6) is -0.0475. The molecule has 2 amide bonds. The third-order valence-corrected chi connectivity index (χ3v) is 2.50. The summed E-state index contributed by atoms with van der Waals surface area (Å²) < 4.78 is 0. The zero-order valence-corrected chi connectivity index (χ0v) is 11.4. The third kappa shape index (κ3) is 7.66. The summed E-state index contributed by atoms with van der Waals surface area (Å²) in [4.78, 5) is 24.9. The van der Waals surface area contributed by atoms with E-state index in [0.29, 0.717) is 19.3 Å². The second kappa shape index (κ2) is 10.6. The van der Waals surface area contributed by atoms with Gasteiger partial charge in [-0.15, -0.1) is 0 Å². The van der Waals surface area contributed by atoms with Crippen LogP contribution >= 0.6 is 0 Å². The normalized spacial score (nSPS) is 9.61. The van der Waals surface area contributed by atoms with E-state index in [1.165, 1.54) is 0 Å². The van der Waals surface area contributed by atoms with Crippen LogP contribution in [-0.2, 0) is 9.59 Å². The lowest BCUT2D eigenvalue weighted by atomic mass is 10.2. The molecule has 0 aromatic rings. The first-order valence-corrected chi connectivity index (χ1v) is 6.57. The lowest BCUT2D eigenvalue weighted by molar-refractivity contribution is -0.131. The quantitative estimate of drug-likeness (QED) is 0.632. The minimum absolute atomic E-state index is 0.0323. The summed E-state index contributed by atoms with van der Waals surface area (Å²) in [7, 11) is 0. The van der Waals surface area contributed by atoms with E-state index in [1.807, 2.05) is 24.8 Å². The van der Waals surface area contributed by atoms with Gasteiger partial charge in [0.2, 0.25) is 11.8 Å². The molecule has 0 rings (SSSR count). The first-order valence-electron chi connectivity index (χ1n) is 6.57. The maximum Gasteiger partial charge on any atom is 0.222 e. The van der Waals surface area contributed by atoms with Gasteiger partial charge in [-0.2, -0.15) is 5.26 Å². The van der Waals surface area contributed by atoms with E-state index in [0.717, 1.165) is 25.9 Å². The topological polar surface area (TPSA) is 73.2 Å². The van der Waals surface area contributed by atoms with Crippen molar-refractivity contribution >= 4 is 11.8 Å². The standard InChI is InChI=1S/C13H23N3O2/c1-3-10-16(11-4-2)13(18)7-5-6-12(17)15-9-8-14/h3-7,9-11H2,1-2H3,(H,15,17). The molecule has 5 heteroatoms. The maximum absolute atomic E-state index is 11.9. The first-order chi connectivity index (χ1) is 8.65. The van der Waals surface area contributed by atoms with Gasteiger partial charge in [0.05, 0.1) is 6.07 Å². The van der Waals surface area contributed by atoms with Gasteiger partial charge < -0.3 is 10.2 Å². The highest BCUT2D eigenvalue weighted by Gasteiger charge is 2.11. The van der Waals surface area contributed by atoms with Gasteiger partial charge in [0.25, 0.3) is 0 Å². The van der Waals surface area contributed by atoms with Crippen molar-refractivity contribution in [3.8, 4) is 6.07 Å². The average Bonchev–Trinajstić information content (AvgIpc) is 2.36. The van der Waals surface area contributed by atoms with E-state index in [2.05, 4.69) is 5.32 Å². The van der Waals surface area contributed by atoms with Crippen LogP contribution in [0.1, 0.15) is 46.0 Å². The SMILES string of the molecule is CCCN(CCC)C(=O)CCCC(=O)NCC#N. The predicted octanol–water partition coefficient (Wildman–Crippen LogP) is 1.45. The zero-order valence-electron chi connectivity index (χ0n) is 11.4. The lowest BCUT2D eigenvalue weighted by Crippen LogP contribution is -2.32. The summed E-state index contributed by atoms with van der Waals surface area (Å²) in [5, 5.41) is 10.8. The van der Waals surface area contributed by atoms with Crippen molar-refractivity contribution in [2.45, 2.75) is 46.0 Å². The van der Waals surface area contributed by atoms with Crippen LogP contribution < -0.4 is 5.32 Å². The van der Waals surface area contributed by atoms with Gasteiger partial charge in [-0.3, -0.25) is 9.59 Å². The van der Waals surface area contributed by atoms with Gasteiger partial charge in [-0.1, -0.05) is 13.8 Å². The molecule has 0 saturated carbocycles. The molecule has 0 aromatic heterocycles. The van der Waals surface area contributed by atoms with E-state index in [9.17, 15) is 9.59 Å². The van der Waals surface area contributed by atoms with Crippen molar-refractivity contribution in [3.05, 3.63) is 0 Å². The second-order valence-corrected chi connectivity index (χ2v) is 4.17. The average molecular weight is 253 g/mol. The van der Waals surface area contributed by atoms with Gasteiger partial charge in [0.1, 0.15) is 6.54 Å². The number of hydrogen-bond acceptors (Lipinski definition) is 3. The number of rotatable bonds is 9. The van der Waals surface area contributed by atoms with Crippen molar-refractivity contribution in [1.82, 2.24) is 10.2 Å². The smallest absolute Gasteiger partial charge is 0.222 e. The Bertz CT molecular complexity index is 291. The molecule has 0 atom stereocenters. The van der Waals surface area contributed by atoms with Gasteiger partial charge in [0, 0.05) is 25.9 Å². The number of carbonyl (C=O) groups excluding carboxylic acids is 2. The molecular formula is C13H23N3O2. The Morgan fingerprint density at radius 2 is 1.78 bits per heavy atom. The minimum atomic E-state index is -0.165. The van der Waals surface area contributed by atoms with E-state index in [4.69, 9.17) is 5.26 Å². The molecular weight excluding hydrogens is 230 g/mol. The molecule has 0 heterocycles. The van der Waals surface area contributed by atoms with Crippen molar-refractivity contribution in [1.29, 1.82) is 5.26 Å². The second-order valence-electron chi connectivity index (χ2n) is 4.17. The molecule has 1 N–H and O–H groups in total. The molecule has 0 radical (unpaired) electrons. The summed E-state index contributed by atoms with van der Waals surface area (Å²) >= 11 is 0. The molecule has 0 aromatic carbocycles. The summed E-state index contributed by atoms with van der Waals surface area (Å²) in [6.45, 7) is 5.70. The maximum atomic E-state index is 11.9. The number of nitrogens with zero attached hydrogens (tertiary/aromatic N) is 2. The van der Waals surface area contributed by atoms with Gasteiger partial charge in [0.15, 0.2) is 0 Å². The molecule has 102 valence electrons. The molecule has 18 heavy (non-hydrogen) atoms. The molecule has 0 fully saturated rings. The van der Waals surface area contributed by atoms with Crippen molar-refractivity contribution in [2.24, 2.45) is 0 Å². The number of nitriles is 1. The predicted molar refractivity (Wildman–Crippen MR) is 69.6 cm³/mol. The third-order valence-electron chi connectivity index (χ3n) is 2.50. The van der Waals surface area contributed by atoms with Crippen LogP contribution in [0.2, 0.25) is 0 Å². The number of carbonyl (C=O) groups is 2. The van der Waals surface area contributed by atoms with Crippen LogP contribution in [0.4, 0.5) is 0 Å². The Morgan fingerprint density at radius 1 is 1.17 bits per heavy atom. The van der Waals surface area contributed by atoms with Gasteiger partial charge >= 0.3 is 0 Å². The largest absolute Gasteiger partial charge is 0.343 e. The van der Waals surface area contributed by atoms with Crippen LogP contribution in [0.3, 0.4) is 0 Å². The van der Waals surface area contributed by atoms with Gasteiger partial charge in [-0.05, 0) is 19.3 Å². The van der Waals surface area contributed by atoms with E-state index >= 15 is 0 Å². The van der Waals surface area contributed by atoms with Gasteiger partial charge in [-0.25, -0.2) is 0 Å². The van der Waals surface area contributed by atoms with E-state index < -0.39 is 0 Å². The molecule has 0 spiro atoms. The highest BCUT2D eigenvalue weighted by atomic mass is 16.2. The number of hydrogen-bond donors (Lipinski definition) is 1. The number of nitrogens with one attached hydrogen (secondary N) is 1. The Hall–Kier alpha value is -1.57. The number of amides is 2. The highest BCUT2D eigenvalue weighted by Crippen LogP contribution is 2.03. The van der Waals surface area contributed by atoms with Crippen molar-refractivity contribution in [3.63, 3.8) is 0 Å². The first kappa shape index (κ1) is 16.4. The Labute approximate surface area is 109 Å².